The SMILES string of the molecule is NNC(=O)c1ccc(F)c(CN2CCOCC2=O)c1. The minimum atomic E-state index is -0.505. The van der Waals surface area contributed by atoms with E-state index in [1.807, 2.05) is 5.43 Å². The molecule has 0 atom stereocenters. The van der Waals surface area contributed by atoms with Crippen LogP contribution in [0.5, 0.6) is 0 Å². The average molecular weight is 267 g/mol. The van der Waals surface area contributed by atoms with Gasteiger partial charge in [-0.1, -0.05) is 0 Å². The van der Waals surface area contributed by atoms with Crippen molar-refractivity contribution in [1.29, 1.82) is 0 Å². The Morgan fingerprint density at radius 3 is 3.00 bits per heavy atom. The Bertz CT molecular complexity index is 507. The van der Waals surface area contributed by atoms with Gasteiger partial charge in [-0.25, -0.2) is 10.2 Å². The first-order valence-electron chi connectivity index (χ1n) is 5.76. The van der Waals surface area contributed by atoms with E-state index in [0.717, 1.165) is 0 Å². The number of halogens is 1. The van der Waals surface area contributed by atoms with Crippen LogP contribution in [0.4, 0.5) is 4.39 Å². The molecule has 2 rings (SSSR count). The number of nitrogens with two attached hydrogens (primary N) is 1. The molecular weight excluding hydrogens is 253 g/mol. The quantitative estimate of drug-likeness (QED) is 0.451. The van der Waals surface area contributed by atoms with Gasteiger partial charge in [-0.3, -0.25) is 15.0 Å². The molecule has 1 aromatic rings. The maximum atomic E-state index is 13.7. The molecule has 1 saturated heterocycles. The van der Waals surface area contributed by atoms with E-state index < -0.39 is 11.7 Å². The summed E-state index contributed by atoms with van der Waals surface area (Å²) < 4.78 is 18.7. The van der Waals surface area contributed by atoms with Crippen LogP contribution >= 0.6 is 0 Å². The number of carbonyl (C=O) groups excluding carboxylic acids is 2. The molecule has 102 valence electrons. The van der Waals surface area contributed by atoms with Crippen molar-refractivity contribution in [2.24, 2.45) is 5.84 Å². The molecule has 6 nitrogen and oxygen atoms in total. The van der Waals surface area contributed by atoms with E-state index >= 15 is 0 Å². The van der Waals surface area contributed by atoms with E-state index in [1.54, 1.807) is 0 Å². The summed E-state index contributed by atoms with van der Waals surface area (Å²) in [4.78, 5) is 24.4. The lowest BCUT2D eigenvalue weighted by Crippen LogP contribution is -2.41. The number of hydrazine groups is 1. The van der Waals surface area contributed by atoms with Gasteiger partial charge >= 0.3 is 0 Å². The van der Waals surface area contributed by atoms with Crippen LogP contribution in [0, 0.1) is 5.82 Å². The summed E-state index contributed by atoms with van der Waals surface area (Å²) in [6.07, 6.45) is 0. The number of amides is 2. The Balaban J connectivity index is 2.18. The van der Waals surface area contributed by atoms with Gasteiger partial charge in [-0.2, -0.15) is 0 Å². The van der Waals surface area contributed by atoms with Crippen LogP contribution in [0.2, 0.25) is 0 Å². The number of hydrogen-bond donors (Lipinski definition) is 2. The standard InChI is InChI=1S/C12H14FN3O3/c13-10-2-1-8(12(18)15-14)5-9(10)6-16-3-4-19-7-11(16)17/h1-2,5H,3-4,6-7,14H2,(H,15,18). The van der Waals surface area contributed by atoms with Gasteiger partial charge in [0.05, 0.1) is 6.61 Å². The Labute approximate surface area is 109 Å². The monoisotopic (exact) mass is 267 g/mol. The number of nitrogens with one attached hydrogen (secondary N) is 1. The molecule has 3 N–H and O–H groups in total. The fraction of sp³-hybridized carbons (Fsp3) is 0.333. The second-order valence-corrected chi connectivity index (χ2v) is 4.15. The molecule has 0 radical (unpaired) electrons. The summed E-state index contributed by atoms with van der Waals surface area (Å²) >= 11 is 0. The molecule has 0 saturated carbocycles. The number of carbonyl (C=O) groups is 2. The zero-order valence-electron chi connectivity index (χ0n) is 10.2. The molecule has 0 spiro atoms. The second kappa shape index (κ2) is 5.77. The zero-order chi connectivity index (χ0) is 13.8. The Hall–Kier alpha value is -1.99. The third-order valence-electron chi connectivity index (χ3n) is 2.88. The van der Waals surface area contributed by atoms with Gasteiger partial charge in [0.1, 0.15) is 12.4 Å². The summed E-state index contributed by atoms with van der Waals surface area (Å²) in [7, 11) is 0. The van der Waals surface area contributed by atoms with Crippen LogP contribution in [-0.2, 0) is 16.1 Å². The number of nitrogen functional groups attached to an aromatic ring is 1. The van der Waals surface area contributed by atoms with Gasteiger partial charge in [0, 0.05) is 24.2 Å². The van der Waals surface area contributed by atoms with E-state index in [4.69, 9.17) is 10.6 Å². The molecule has 0 aromatic heterocycles. The first kappa shape index (κ1) is 13.4. The average Bonchev–Trinajstić information content (AvgIpc) is 2.42. The molecule has 19 heavy (non-hydrogen) atoms. The summed E-state index contributed by atoms with van der Waals surface area (Å²) in [5, 5.41) is 0. The highest BCUT2D eigenvalue weighted by molar-refractivity contribution is 5.93. The fourth-order valence-electron chi connectivity index (χ4n) is 1.84. The number of nitrogens with zero attached hydrogens (tertiary/aromatic N) is 1. The minimum Gasteiger partial charge on any atom is -0.370 e. The van der Waals surface area contributed by atoms with Crippen molar-refractivity contribution < 1.29 is 18.7 Å². The van der Waals surface area contributed by atoms with Crippen LogP contribution < -0.4 is 11.3 Å². The van der Waals surface area contributed by atoms with E-state index in [2.05, 4.69) is 0 Å². The topological polar surface area (TPSA) is 84.7 Å². The highest BCUT2D eigenvalue weighted by Gasteiger charge is 2.20. The molecule has 2 amide bonds. The molecule has 1 fully saturated rings. The summed E-state index contributed by atoms with van der Waals surface area (Å²) in [6.45, 7) is 0.951. The fourth-order valence-corrected chi connectivity index (χ4v) is 1.84. The Kier molecular flexibility index (Phi) is 4.08. The number of morpholine rings is 1. The predicted molar refractivity (Wildman–Crippen MR) is 64.3 cm³/mol. The first-order chi connectivity index (χ1) is 9.11. The van der Waals surface area contributed by atoms with E-state index in [-0.39, 0.29) is 30.2 Å². The predicted octanol–water partition coefficient (Wildman–Crippen LogP) is -0.212. The van der Waals surface area contributed by atoms with Crippen LogP contribution in [0.25, 0.3) is 0 Å². The molecule has 0 unspecified atom stereocenters. The molecule has 1 heterocycles. The lowest BCUT2D eigenvalue weighted by molar-refractivity contribution is -0.143. The third kappa shape index (κ3) is 3.07. The molecule has 1 aliphatic heterocycles. The minimum absolute atomic E-state index is 0.00456. The van der Waals surface area contributed by atoms with Gasteiger partial charge in [0.15, 0.2) is 0 Å². The summed E-state index contributed by atoms with van der Waals surface area (Å²) in [6, 6.07) is 3.91. The number of rotatable bonds is 3. The Morgan fingerprint density at radius 1 is 1.53 bits per heavy atom. The van der Waals surface area contributed by atoms with Gasteiger partial charge in [-0.05, 0) is 18.2 Å². The van der Waals surface area contributed by atoms with Crippen molar-refractivity contribution in [3.05, 3.63) is 35.1 Å². The maximum Gasteiger partial charge on any atom is 0.265 e. The van der Waals surface area contributed by atoms with Crippen LogP contribution in [0.1, 0.15) is 15.9 Å². The number of hydrogen-bond acceptors (Lipinski definition) is 4. The van der Waals surface area contributed by atoms with Crippen LogP contribution in [0.3, 0.4) is 0 Å². The lowest BCUT2D eigenvalue weighted by Gasteiger charge is -2.27. The smallest absolute Gasteiger partial charge is 0.265 e. The van der Waals surface area contributed by atoms with Gasteiger partial charge in [-0.15, -0.1) is 0 Å². The summed E-state index contributed by atoms with van der Waals surface area (Å²) in [5.74, 6) is 3.86. The van der Waals surface area contributed by atoms with Gasteiger partial charge in [0.25, 0.3) is 5.91 Å². The third-order valence-corrected chi connectivity index (χ3v) is 2.88. The molecule has 0 bridgehead atoms. The van der Waals surface area contributed by atoms with E-state index in [9.17, 15) is 14.0 Å². The van der Waals surface area contributed by atoms with Crippen molar-refractivity contribution in [3.8, 4) is 0 Å². The van der Waals surface area contributed by atoms with Gasteiger partial charge in [0.2, 0.25) is 5.91 Å². The highest BCUT2D eigenvalue weighted by atomic mass is 19.1. The second-order valence-electron chi connectivity index (χ2n) is 4.15. The summed E-state index contributed by atoms with van der Waals surface area (Å²) in [5.41, 5.74) is 2.50. The molecule has 1 aromatic carbocycles. The Morgan fingerprint density at radius 2 is 2.32 bits per heavy atom. The van der Waals surface area contributed by atoms with Crippen molar-refractivity contribution in [3.63, 3.8) is 0 Å². The van der Waals surface area contributed by atoms with Crippen molar-refractivity contribution in [2.45, 2.75) is 6.54 Å². The molecule has 7 heteroatoms. The molecule has 0 aliphatic carbocycles. The van der Waals surface area contributed by atoms with Crippen molar-refractivity contribution in [2.75, 3.05) is 19.8 Å². The maximum absolute atomic E-state index is 13.7. The molecule has 1 aliphatic rings. The lowest BCUT2D eigenvalue weighted by atomic mass is 10.1. The largest absolute Gasteiger partial charge is 0.370 e. The van der Waals surface area contributed by atoms with E-state index in [0.29, 0.717) is 13.2 Å². The number of benzene rings is 1. The normalized spacial score (nSPS) is 15.5. The van der Waals surface area contributed by atoms with E-state index in [1.165, 1.54) is 23.1 Å². The van der Waals surface area contributed by atoms with Crippen LogP contribution in [0.15, 0.2) is 18.2 Å². The van der Waals surface area contributed by atoms with Gasteiger partial charge < -0.3 is 9.64 Å². The van der Waals surface area contributed by atoms with Crippen LogP contribution in [-0.4, -0.2) is 36.5 Å². The number of ether oxygens (including phenoxy) is 1. The van der Waals surface area contributed by atoms with Crippen molar-refractivity contribution >= 4 is 11.8 Å². The molecular formula is C12H14FN3O3. The first-order valence-corrected chi connectivity index (χ1v) is 5.76. The zero-order valence-corrected chi connectivity index (χ0v) is 10.2. The van der Waals surface area contributed by atoms with Crippen molar-refractivity contribution in [1.82, 2.24) is 10.3 Å². The highest BCUT2D eigenvalue weighted by Crippen LogP contribution is 2.14.